The molecule has 1 aromatic heterocycles. The Hall–Kier alpha value is -2.78. The Morgan fingerprint density at radius 3 is 2.48 bits per heavy atom. The molecule has 0 unspecified atom stereocenters. The van der Waals surface area contributed by atoms with E-state index in [0.29, 0.717) is 9.47 Å². The largest absolute Gasteiger partial charge is 0.323 e. The van der Waals surface area contributed by atoms with Gasteiger partial charge in [0.15, 0.2) is 4.34 Å². The van der Waals surface area contributed by atoms with Crippen LogP contribution in [0.5, 0.6) is 0 Å². The number of carbonyl (C=O) groups is 2. The lowest BCUT2D eigenvalue weighted by Crippen LogP contribution is -2.14. The Morgan fingerprint density at radius 2 is 1.70 bits per heavy atom. The smallest absolute Gasteiger partial charge is 0.234 e. The van der Waals surface area contributed by atoms with Crippen LogP contribution in [-0.2, 0) is 16.0 Å². The number of benzene rings is 2. The molecule has 2 amide bonds. The van der Waals surface area contributed by atoms with Crippen LogP contribution in [0.25, 0.3) is 0 Å². The minimum Gasteiger partial charge on any atom is -0.323 e. The molecule has 2 aromatic carbocycles. The number of halogens is 1. The minimum absolute atomic E-state index is 0.0565. The average Bonchev–Trinajstić information content (AvgIpc) is 3.10. The molecule has 0 atom stereocenters. The number of nitrogens with zero attached hydrogens (tertiary/aromatic N) is 2. The van der Waals surface area contributed by atoms with Crippen molar-refractivity contribution in [3.63, 3.8) is 0 Å². The summed E-state index contributed by atoms with van der Waals surface area (Å²) in [5, 5.41) is 13.4. The third-order valence-corrected chi connectivity index (χ3v) is 5.31. The molecule has 2 N–H and O–H groups in total. The molecule has 3 rings (SSSR count). The van der Waals surface area contributed by atoms with Gasteiger partial charge in [-0.25, -0.2) is 4.39 Å². The molecule has 0 saturated heterocycles. The second-order valence-electron chi connectivity index (χ2n) is 5.40. The maximum absolute atomic E-state index is 13.5. The van der Waals surface area contributed by atoms with Gasteiger partial charge in [0.05, 0.1) is 17.9 Å². The summed E-state index contributed by atoms with van der Waals surface area (Å²) < 4.78 is 14.0. The van der Waals surface area contributed by atoms with E-state index >= 15 is 0 Å². The van der Waals surface area contributed by atoms with Crippen LogP contribution in [0.15, 0.2) is 58.9 Å². The molecule has 0 fully saturated rings. The van der Waals surface area contributed by atoms with Gasteiger partial charge in [0, 0.05) is 0 Å². The average molecular weight is 402 g/mol. The molecule has 138 valence electrons. The number of anilines is 2. The first-order valence-corrected chi connectivity index (χ1v) is 9.75. The summed E-state index contributed by atoms with van der Waals surface area (Å²) in [6.07, 6.45) is 0.244. The van der Waals surface area contributed by atoms with Gasteiger partial charge in [-0.15, -0.1) is 10.2 Å². The van der Waals surface area contributed by atoms with E-state index in [2.05, 4.69) is 20.8 Å². The Bertz CT molecular complexity index is 934. The summed E-state index contributed by atoms with van der Waals surface area (Å²) in [7, 11) is 0. The van der Waals surface area contributed by atoms with E-state index in [1.807, 2.05) is 30.3 Å². The normalized spacial score (nSPS) is 10.4. The number of thioether (sulfide) groups is 1. The van der Waals surface area contributed by atoms with Crippen molar-refractivity contribution in [3.8, 4) is 0 Å². The zero-order valence-corrected chi connectivity index (χ0v) is 15.6. The third kappa shape index (κ3) is 5.87. The highest BCUT2D eigenvalue weighted by Gasteiger charge is 2.12. The van der Waals surface area contributed by atoms with E-state index < -0.39 is 5.82 Å². The molecular weight excluding hydrogens is 387 g/mol. The quantitative estimate of drug-likeness (QED) is 0.466. The van der Waals surface area contributed by atoms with Gasteiger partial charge in [0.2, 0.25) is 16.9 Å². The molecule has 0 spiro atoms. The summed E-state index contributed by atoms with van der Waals surface area (Å²) in [4.78, 5) is 23.9. The van der Waals surface area contributed by atoms with Crippen LogP contribution in [0.2, 0.25) is 0 Å². The molecule has 1 heterocycles. The van der Waals surface area contributed by atoms with Crippen molar-refractivity contribution in [3.05, 3.63) is 66.0 Å². The summed E-state index contributed by atoms with van der Waals surface area (Å²) in [5.74, 6) is -0.975. The number of para-hydroxylation sites is 1. The van der Waals surface area contributed by atoms with Crippen molar-refractivity contribution in [2.45, 2.75) is 10.8 Å². The summed E-state index contributed by atoms with van der Waals surface area (Å²) in [5.41, 5.74) is 1.04. The lowest BCUT2D eigenvalue weighted by Gasteiger charge is -2.04. The van der Waals surface area contributed by atoms with Crippen LogP contribution in [-0.4, -0.2) is 27.8 Å². The SMILES string of the molecule is O=C(Cc1ccccc1)Nc1nnc(SCC(=O)Nc2ccccc2F)s1. The van der Waals surface area contributed by atoms with Crippen LogP contribution in [0.1, 0.15) is 5.56 Å². The Kier molecular flexibility index (Phi) is 6.50. The molecule has 6 nitrogen and oxygen atoms in total. The first kappa shape index (κ1) is 19.0. The zero-order valence-electron chi connectivity index (χ0n) is 14.0. The number of nitrogens with one attached hydrogen (secondary N) is 2. The van der Waals surface area contributed by atoms with Crippen molar-refractivity contribution in [2.24, 2.45) is 0 Å². The molecule has 0 radical (unpaired) electrons. The first-order valence-electron chi connectivity index (χ1n) is 7.94. The fraction of sp³-hybridized carbons (Fsp3) is 0.111. The van der Waals surface area contributed by atoms with E-state index in [0.717, 1.165) is 17.3 Å². The number of hydrogen-bond acceptors (Lipinski definition) is 6. The van der Waals surface area contributed by atoms with Crippen molar-refractivity contribution in [1.29, 1.82) is 0 Å². The number of rotatable bonds is 7. The van der Waals surface area contributed by atoms with Crippen LogP contribution in [0.4, 0.5) is 15.2 Å². The maximum Gasteiger partial charge on any atom is 0.234 e. The maximum atomic E-state index is 13.5. The number of aromatic nitrogens is 2. The highest BCUT2D eigenvalue weighted by atomic mass is 32.2. The minimum atomic E-state index is -0.491. The van der Waals surface area contributed by atoms with Crippen LogP contribution in [0.3, 0.4) is 0 Å². The van der Waals surface area contributed by atoms with Crippen molar-refractivity contribution in [2.75, 3.05) is 16.4 Å². The van der Waals surface area contributed by atoms with Crippen LogP contribution < -0.4 is 10.6 Å². The highest BCUT2D eigenvalue weighted by Crippen LogP contribution is 2.25. The topological polar surface area (TPSA) is 84.0 Å². The van der Waals surface area contributed by atoms with E-state index in [4.69, 9.17) is 0 Å². The summed E-state index contributed by atoms with van der Waals surface area (Å²) in [6.45, 7) is 0. The van der Waals surface area contributed by atoms with E-state index in [1.165, 1.54) is 23.5 Å². The Morgan fingerprint density at radius 1 is 0.963 bits per heavy atom. The number of carbonyl (C=O) groups excluding carboxylic acids is 2. The van der Waals surface area contributed by atoms with Gasteiger partial charge in [0.1, 0.15) is 5.82 Å². The first-order chi connectivity index (χ1) is 13.1. The van der Waals surface area contributed by atoms with Gasteiger partial charge >= 0.3 is 0 Å². The van der Waals surface area contributed by atoms with Crippen molar-refractivity contribution < 1.29 is 14.0 Å². The Balaban J connectivity index is 1.47. The highest BCUT2D eigenvalue weighted by molar-refractivity contribution is 8.01. The molecule has 0 aliphatic carbocycles. The second kappa shape index (κ2) is 9.24. The standard InChI is InChI=1S/C18H15FN4O2S2/c19-13-8-4-5-9-14(13)20-16(25)11-26-18-23-22-17(27-18)21-15(24)10-12-6-2-1-3-7-12/h1-9H,10-11H2,(H,20,25)(H,21,22,24). The molecule has 0 aliphatic rings. The monoisotopic (exact) mass is 402 g/mol. The van der Waals surface area contributed by atoms with E-state index in [1.54, 1.807) is 12.1 Å². The van der Waals surface area contributed by atoms with Gasteiger partial charge in [-0.05, 0) is 17.7 Å². The summed E-state index contributed by atoms with van der Waals surface area (Å²) >= 11 is 2.34. The predicted molar refractivity (Wildman–Crippen MR) is 104 cm³/mol. The molecule has 0 bridgehead atoms. The van der Waals surface area contributed by atoms with E-state index in [-0.39, 0.29) is 29.7 Å². The predicted octanol–water partition coefficient (Wildman–Crippen LogP) is 3.59. The molecule has 3 aromatic rings. The molecule has 9 heteroatoms. The number of amides is 2. The zero-order chi connectivity index (χ0) is 19.1. The van der Waals surface area contributed by atoms with E-state index in [9.17, 15) is 14.0 Å². The fourth-order valence-electron chi connectivity index (χ4n) is 2.14. The van der Waals surface area contributed by atoms with Crippen LogP contribution in [0, 0.1) is 5.82 Å². The van der Waals surface area contributed by atoms with Gasteiger partial charge in [-0.1, -0.05) is 65.6 Å². The van der Waals surface area contributed by atoms with Crippen molar-refractivity contribution >= 4 is 45.7 Å². The molecule has 0 saturated carbocycles. The van der Waals surface area contributed by atoms with Gasteiger partial charge in [0.25, 0.3) is 0 Å². The third-order valence-electron chi connectivity index (χ3n) is 3.34. The second-order valence-corrected chi connectivity index (χ2v) is 7.60. The molecule has 27 heavy (non-hydrogen) atoms. The fourth-order valence-corrected chi connectivity index (χ4v) is 3.71. The van der Waals surface area contributed by atoms with Crippen molar-refractivity contribution in [1.82, 2.24) is 10.2 Å². The lowest BCUT2D eigenvalue weighted by atomic mass is 10.1. The molecular formula is C18H15FN4O2S2. The Labute approximate surface area is 163 Å². The van der Waals surface area contributed by atoms with Gasteiger partial charge in [-0.2, -0.15) is 0 Å². The number of hydrogen-bond donors (Lipinski definition) is 2. The van der Waals surface area contributed by atoms with Gasteiger partial charge in [-0.3, -0.25) is 9.59 Å². The summed E-state index contributed by atoms with van der Waals surface area (Å²) in [6, 6.07) is 15.3. The van der Waals surface area contributed by atoms with Gasteiger partial charge < -0.3 is 10.6 Å². The molecule has 0 aliphatic heterocycles. The lowest BCUT2D eigenvalue weighted by molar-refractivity contribution is -0.115. The van der Waals surface area contributed by atoms with Crippen LogP contribution >= 0.6 is 23.1 Å².